The second-order valence-electron chi connectivity index (χ2n) is 4.70. The Hall–Kier alpha value is -2.82. The lowest BCUT2D eigenvalue weighted by Crippen LogP contribution is -2.20. The van der Waals surface area contributed by atoms with Gasteiger partial charge in [-0.3, -0.25) is 24.4 Å². The highest BCUT2D eigenvalue weighted by Crippen LogP contribution is 2.18. The van der Waals surface area contributed by atoms with E-state index in [2.05, 4.69) is 15.4 Å². The molecule has 0 saturated heterocycles. The molecule has 128 valence electrons. The number of carbonyl (C=O) groups is 2. The van der Waals surface area contributed by atoms with Crippen molar-refractivity contribution >= 4 is 34.0 Å². The van der Waals surface area contributed by atoms with Crippen molar-refractivity contribution in [3.63, 3.8) is 0 Å². The zero-order valence-corrected chi connectivity index (χ0v) is 13.8. The van der Waals surface area contributed by atoms with Gasteiger partial charge in [-0.2, -0.15) is 5.10 Å². The second-order valence-corrected chi connectivity index (χ2v) is 5.56. The molecule has 2 aromatic rings. The molecule has 0 spiro atoms. The summed E-state index contributed by atoms with van der Waals surface area (Å²) in [5, 5.41) is 19.1. The number of anilines is 1. The van der Waals surface area contributed by atoms with Crippen molar-refractivity contribution < 1.29 is 19.2 Å². The number of nitrogens with one attached hydrogen (secondary N) is 1. The van der Waals surface area contributed by atoms with Gasteiger partial charge < -0.3 is 10.1 Å². The summed E-state index contributed by atoms with van der Waals surface area (Å²) >= 11 is 1.17. The highest BCUT2D eigenvalue weighted by Gasteiger charge is 2.18. The van der Waals surface area contributed by atoms with Crippen molar-refractivity contribution in [2.24, 2.45) is 0 Å². The van der Waals surface area contributed by atoms with E-state index in [-0.39, 0.29) is 30.3 Å². The Bertz CT molecular complexity index is 769. The molecule has 2 rings (SSSR count). The van der Waals surface area contributed by atoms with E-state index in [1.54, 1.807) is 12.3 Å². The molecule has 0 aliphatic rings. The molecule has 2 heterocycles. The number of esters is 1. The van der Waals surface area contributed by atoms with Gasteiger partial charge in [0.2, 0.25) is 5.91 Å². The lowest BCUT2D eigenvalue weighted by molar-refractivity contribution is -0.385. The fraction of sp³-hybridized carbons (Fsp3) is 0.385. The first-order valence-electron chi connectivity index (χ1n) is 6.97. The number of hydrogen-bond donors (Lipinski definition) is 1. The van der Waals surface area contributed by atoms with E-state index < -0.39 is 10.8 Å². The van der Waals surface area contributed by atoms with E-state index >= 15 is 0 Å². The van der Waals surface area contributed by atoms with E-state index in [1.807, 2.05) is 0 Å². The molecule has 0 fully saturated rings. The van der Waals surface area contributed by atoms with Crippen LogP contribution < -0.4 is 5.32 Å². The topological polar surface area (TPSA) is 129 Å². The molecule has 11 heteroatoms. The van der Waals surface area contributed by atoms with Crippen LogP contribution in [-0.4, -0.2) is 38.2 Å². The van der Waals surface area contributed by atoms with Crippen LogP contribution in [-0.2, 0) is 27.3 Å². The molecule has 0 aliphatic carbocycles. The van der Waals surface area contributed by atoms with Gasteiger partial charge in [0, 0.05) is 5.38 Å². The maximum absolute atomic E-state index is 12.0. The Morgan fingerprint density at radius 3 is 2.88 bits per heavy atom. The number of thiazole rings is 1. The van der Waals surface area contributed by atoms with E-state index in [0.717, 1.165) is 6.20 Å². The minimum atomic E-state index is -0.556. The zero-order valence-electron chi connectivity index (χ0n) is 13.0. The number of rotatable bonds is 7. The van der Waals surface area contributed by atoms with Crippen LogP contribution in [0.2, 0.25) is 0 Å². The van der Waals surface area contributed by atoms with Crippen LogP contribution >= 0.6 is 11.3 Å². The van der Waals surface area contributed by atoms with Crippen LogP contribution in [0.3, 0.4) is 0 Å². The summed E-state index contributed by atoms with van der Waals surface area (Å²) in [7, 11) is 0. The number of hydrogen-bond acceptors (Lipinski definition) is 8. The van der Waals surface area contributed by atoms with Crippen molar-refractivity contribution in [3.8, 4) is 0 Å². The summed E-state index contributed by atoms with van der Waals surface area (Å²) in [4.78, 5) is 37.7. The largest absolute Gasteiger partial charge is 0.466 e. The third kappa shape index (κ3) is 4.35. The standard InChI is InChI=1S/C13H15N5O5S/c1-3-23-12(20)4-9-7-24-13(15-9)16-11(19)6-17-8(2)10(5-14-17)18(21)22/h5,7H,3-4,6H2,1-2H3,(H,15,16,19). The van der Waals surface area contributed by atoms with Gasteiger partial charge in [0.15, 0.2) is 5.13 Å². The Kier molecular flexibility index (Phi) is 5.58. The van der Waals surface area contributed by atoms with Crippen LogP contribution in [0.5, 0.6) is 0 Å². The fourth-order valence-electron chi connectivity index (χ4n) is 1.88. The summed E-state index contributed by atoms with van der Waals surface area (Å²) in [5.74, 6) is -0.812. The van der Waals surface area contributed by atoms with E-state index in [4.69, 9.17) is 4.74 Å². The van der Waals surface area contributed by atoms with Gasteiger partial charge in [0.25, 0.3) is 0 Å². The fourth-order valence-corrected chi connectivity index (χ4v) is 2.60. The molecule has 0 unspecified atom stereocenters. The molecular weight excluding hydrogens is 338 g/mol. The smallest absolute Gasteiger partial charge is 0.311 e. The first-order chi connectivity index (χ1) is 11.4. The minimum absolute atomic E-state index is 0.0324. The van der Waals surface area contributed by atoms with Gasteiger partial charge in [0.05, 0.1) is 23.6 Å². The van der Waals surface area contributed by atoms with Crippen molar-refractivity contribution in [2.75, 3.05) is 11.9 Å². The molecule has 0 radical (unpaired) electrons. The zero-order chi connectivity index (χ0) is 17.7. The van der Waals surface area contributed by atoms with Gasteiger partial charge in [-0.05, 0) is 13.8 Å². The average Bonchev–Trinajstić information content (AvgIpc) is 3.07. The van der Waals surface area contributed by atoms with Crippen molar-refractivity contribution in [1.29, 1.82) is 0 Å². The summed E-state index contributed by atoms with van der Waals surface area (Å²) in [6, 6.07) is 0. The Morgan fingerprint density at radius 1 is 1.50 bits per heavy atom. The predicted molar refractivity (Wildman–Crippen MR) is 84.7 cm³/mol. The molecule has 10 nitrogen and oxygen atoms in total. The number of ether oxygens (including phenoxy) is 1. The average molecular weight is 353 g/mol. The van der Waals surface area contributed by atoms with Gasteiger partial charge in [-0.1, -0.05) is 0 Å². The summed E-state index contributed by atoms with van der Waals surface area (Å²) in [6.07, 6.45) is 1.13. The van der Waals surface area contributed by atoms with Gasteiger partial charge in [0.1, 0.15) is 18.4 Å². The SMILES string of the molecule is CCOC(=O)Cc1csc(NC(=O)Cn2ncc([N+](=O)[O-])c2C)n1. The molecule has 0 saturated carbocycles. The number of nitro groups is 1. The predicted octanol–water partition coefficient (Wildman–Crippen LogP) is 1.30. The molecule has 0 aromatic carbocycles. The Labute approximate surface area is 140 Å². The molecular formula is C13H15N5O5S. The highest BCUT2D eigenvalue weighted by atomic mass is 32.1. The summed E-state index contributed by atoms with van der Waals surface area (Å²) in [6.45, 7) is 3.35. The molecule has 1 amide bonds. The third-order valence-corrected chi connectivity index (χ3v) is 3.80. The van der Waals surface area contributed by atoms with Crippen molar-refractivity contribution in [1.82, 2.24) is 14.8 Å². The van der Waals surface area contributed by atoms with E-state index in [1.165, 1.54) is 22.9 Å². The Morgan fingerprint density at radius 2 is 2.25 bits per heavy atom. The molecule has 0 bridgehead atoms. The molecule has 24 heavy (non-hydrogen) atoms. The van der Waals surface area contributed by atoms with E-state index in [9.17, 15) is 19.7 Å². The number of amides is 1. The van der Waals surface area contributed by atoms with Crippen molar-refractivity contribution in [2.45, 2.75) is 26.8 Å². The highest BCUT2D eigenvalue weighted by molar-refractivity contribution is 7.13. The van der Waals surface area contributed by atoms with Gasteiger partial charge in [-0.25, -0.2) is 4.98 Å². The Balaban J connectivity index is 1.94. The normalized spacial score (nSPS) is 10.4. The lowest BCUT2D eigenvalue weighted by Gasteiger charge is -2.03. The lowest BCUT2D eigenvalue weighted by atomic mass is 10.3. The van der Waals surface area contributed by atoms with Crippen LogP contribution in [0, 0.1) is 17.0 Å². The van der Waals surface area contributed by atoms with Crippen LogP contribution in [0.15, 0.2) is 11.6 Å². The summed E-state index contributed by atoms with van der Waals surface area (Å²) < 4.78 is 6.06. The monoisotopic (exact) mass is 353 g/mol. The van der Waals surface area contributed by atoms with Gasteiger partial charge >= 0.3 is 11.7 Å². The molecule has 0 aliphatic heterocycles. The number of carbonyl (C=O) groups excluding carboxylic acids is 2. The van der Waals surface area contributed by atoms with Crippen LogP contribution in [0.4, 0.5) is 10.8 Å². The molecule has 0 atom stereocenters. The molecule has 2 aromatic heterocycles. The van der Waals surface area contributed by atoms with Crippen molar-refractivity contribution in [3.05, 3.63) is 33.1 Å². The maximum atomic E-state index is 12.0. The minimum Gasteiger partial charge on any atom is -0.466 e. The van der Waals surface area contributed by atoms with E-state index in [0.29, 0.717) is 17.4 Å². The maximum Gasteiger partial charge on any atom is 0.311 e. The number of aromatic nitrogens is 3. The van der Waals surface area contributed by atoms with Gasteiger partial charge in [-0.15, -0.1) is 11.3 Å². The van der Waals surface area contributed by atoms with Crippen LogP contribution in [0.25, 0.3) is 0 Å². The number of nitrogens with zero attached hydrogens (tertiary/aromatic N) is 4. The first kappa shape index (κ1) is 17.5. The quantitative estimate of drug-likeness (QED) is 0.451. The third-order valence-electron chi connectivity index (χ3n) is 3.00. The summed E-state index contributed by atoms with van der Waals surface area (Å²) in [5.41, 5.74) is 0.644. The van der Waals surface area contributed by atoms with Crippen LogP contribution in [0.1, 0.15) is 18.3 Å². The molecule has 1 N–H and O–H groups in total. The second kappa shape index (κ2) is 7.64. The first-order valence-corrected chi connectivity index (χ1v) is 7.85.